The molecule has 128 valence electrons. The lowest BCUT2D eigenvalue weighted by Gasteiger charge is -2.07. The van der Waals surface area contributed by atoms with Gasteiger partial charge in [-0.2, -0.15) is 0 Å². The zero-order valence-electron chi connectivity index (χ0n) is 14.4. The van der Waals surface area contributed by atoms with Crippen LogP contribution in [0.3, 0.4) is 0 Å². The molecular formula is C19H19N3OS2. The van der Waals surface area contributed by atoms with E-state index in [0.29, 0.717) is 0 Å². The molecule has 4 aromatic heterocycles. The molecule has 4 nitrogen and oxygen atoms in total. The van der Waals surface area contributed by atoms with Crippen LogP contribution in [0.2, 0.25) is 0 Å². The minimum Gasteiger partial charge on any atom is -0.467 e. The molecule has 0 N–H and O–H groups in total. The Morgan fingerprint density at radius 3 is 2.60 bits per heavy atom. The zero-order valence-corrected chi connectivity index (χ0v) is 16.1. The van der Waals surface area contributed by atoms with Gasteiger partial charge in [-0.1, -0.05) is 0 Å². The van der Waals surface area contributed by atoms with Crippen LogP contribution in [0.5, 0.6) is 0 Å². The summed E-state index contributed by atoms with van der Waals surface area (Å²) < 4.78 is 7.77. The molecule has 0 aliphatic rings. The third-order valence-electron chi connectivity index (χ3n) is 4.26. The van der Waals surface area contributed by atoms with E-state index in [1.165, 1.54) is 17.0 Å². The molecule has 0 spiro atoms. The molecular weight excluding hydrogens is 350 g/mol. The van der Waals surface area contributed by atoms with Crippen LogP contribution in [0.4, 0.5) is 0 Å². The molecule has 0 radical (unpaired) electrons. The van der Waals surface area contributed by atoms with Gasteiger partial charge in [-0.25, -0.2) is 9.97 Å². The SMILES string of the molecule is Cc1csc(Cc2nc(-c3cc(C)n(Cc4ccco4)c3C)cs2)n1. The first-order chi connectivity index (χ1) is 12.1. The molecule has 0 unspecified atom stereocenters. The Morgan fingerprint density at radius 2 is 1.88 bits per heavy atom. The molecule has 0 amide bonds. The van der Waals surface area contributed by atoms with E-state index in [-0.39, 0.29) is 0 Å². The summed E-state index contributed by atoms with van der Waals surface area (Å²) in [6.07, 6.45) is 2.53. The molecule has 0 aliphatic carbocycles. The van der Waals surface area contributed by atoms with Crippen molar-refractivity contribution in [2.45, 2.75) is 33.7 Å². The number of hydrogen-bond donors (Lipinski definition) is 0. The average Bonchev–Trinajstić information content (AvgIpc) is 3.35. The Hall–Kier alpha value is -2.18. The van der Waals surface area contributed by atoms with Gasteiger partial charge >= 0.3 is 0 Å². The second-order valence-corrected chi connectivity index (χ2v) is 8.02. The fourth-order valence-electron chi connectivity index (χ4n) is 2.99. The van der Waals surface area contributed by atoms with Crippen molar-refractivity contribution in [3.05, 3.63) is 68.1 Å². The first kappa shape index (κ1) is 16.3. The Balaban J connectivity index is 1.60. The quantitative estimate of drug-likeness (QED) is 0.484. The lowest BCUT2D eigenvalue weighted by atomic mass is 10.2. The molecule has 0 saturated carbocycles. The summed E-state index contributed by atoms with van der Waals surface area (Å²) in [5.41, 5.74) is 5.76. The van der Waals surface area contributed by atoms with Gasteiger partial charge in [0.25, 0.3) is 0 Å². The van der Waals surface area contributed by atoms with Gasteiger partial charge in [-0.05, 0) is 39.0 Å². The molecule has 0 saturated heterocycles. The van der Waals surface area contributed by atoms with Crippen LogP contribution < -0.4 is 0 Å². The van der Waals surface area contributed by atoms with Gasteiger partial charge in [0.2, 0.25) is 0 Å². The van der Waals surface area contributed by atoms with E-state index in [9.17, 15) is 0 Å². The van der Waals surface area contributed by atoms with Gasteiger partial charge < -0.3 is 8.98 Å². The normalized spacial score (nSPS) is 11.3. The summed E-state index contributed by atoms with van der Waals surface area (Å²) in [7, 11) is 0. The van der Waals surface area contributed by atoms with E-state index in [0.717, 1.165) is 40.1 Å². The highest BCUT2D eigenvalue weighted by Gasteiger charge is 2.15. The highest BCUT2D eigenvalue weighted by Crippen LogP contribution is 2.29. The second-order valence-electron chi connectivity index (χ2n) is 6.14. The molecule has 4 aromatic rings. The molecule has 0 aliphatic heterocycles. The highest BCUT2D eigenvalue weighted by molar-refractivity contribution is 7.11. The van der Waals surface area contributed by atoms with E-state index >= 15 is 0 Å². The fraction of sp³-hybridized carbons (Fsp3) is 0.263. The van der Waals surface area contributed by atoms with E-state index in [4.69, 9.17) is 9.40 Å². The lowest BCUT2D eigenvalue weighted by molar-refractivity contribution is 0.489. The van der Waals surface area contributed by atoms with Crippen LogP contribution in [0.25, 0.3) is 11.3 Å². The number of nitrogens with zero attached hydrogens (tertiary/aromatic N) is 3. The van der Waals surface area contributed by atoms with Gasteiger partial charge in [-0.3, -0.25) is 0 Å². The molecule has 0 atom stereocenters. The number of hydrogen-bond acceptors (Lipinski definition) is 5. The van der Waals surface area contributed by atoms with Crippen molar-refractivity contribution in [1.82, 2.24) is 14.5 Å². The summed E-state index contributed by atoms with van der Waals surface area (Å²) in [4.78, 5) is 9.38. The van der Waals surface area contributed by atoms with Gasteiger partial charge in [0.05, 0.1) is 29.9 Å². The number of rotatable bonds is 5. The third kappa shape index (κ3) is 3.32. The van der Waals surface area contributed by atoms with Crippen LogP contribution in [-0.4, -0.2) is 14.5 Å². The van der Waals surface area contributed by atoms with Crippen LogP contribution >= 0.6 is 22.7 Å². The number of aromatic nitrogens is 3. The minimum absolute atomic E-state index is 0.750. The van der Waals surface area contributed by atoms with Crippen LogP contribution in [0.15, 0.2) is 39.6 Å². The first-order valence-electron chi connectivity index (χ1n) is 8.15. The minimum atomic E-state index is 0.750. The van der Waals surface area contributed by atoms with E-state index in [1.54, 1.807) is 28.9 Å². The van der Waals surface area contributed by atoms with E-state index in [2.05, 4.69) is 40.2 Å². The van der Waals surface area contributed by atoms with Crippen LogP contribution in [0.1, 0.15) is 32.9 Å². The smallest absolute Gasteiger partial charge is 0.123 e. The molecule has 0 fully saturated rings. The Kier molecular flexibility index (Phi) is 4.31. The molecule has 25 heavy (non-hydrogen) atoms. The predicted molar refractivity (Wildman–Crippen MR) is 102 cm³/mol. The maximum Gasteiger partial charge on any atom is 0.123 e. The number of furan rings is 1. The second kappa shape index (κ2) is 6.61. The predicted octanol–water partition coefficient (Wildman–Crippen LogP) is 5.23. The van der Waals surface area contributed by atoms with Crippen molar-refractivity contribution in [2.24, 2.45) is 0 Å². The zero-order chi connectivity index (χ0) is 17.4. The lowest BCUT2D eigenvalue weighted by Crippen LogP contribution is -2.02. The average molecular weight is 370 g/mol. The summed E-state index contributed by atoms with van der Waals surface area (Å²) in [5.74, 6) is 0.964. The third-order valence-corrected chi connectivity index (χ3v) is 6.08. The molecule has 0 aromatic carbocycles. The monoisotopic (exact) mass is 369 g/mol. The molecule has 6 heteroatoms. The first-order valence-corrected chi connectivity index (χ1v) is 9.91. The van der Waals surface area contributed by atoms with Crippen LogP contribution in [-0.2, 0) is 13.0 Å². The van der Waals surface area contributed by atoms with Crippen molar-refractivity contribution in [3.63, 3.8) is 0 Å². The summed E-state index contributed by atoms with van der Waals surface area (Å²) >= 11 is 3.41. The topological polar surface area (TPSA) is 43.9 Å². The van der Waals surface area contributed by atoms with E-state index < -0.39 is 0 Å². The van der Waals surface area contributed by atoms with Crippen molar-refractivity contribution < 1.29 is 4.42 Å². The van der Waals surface area contributed by atoms with Crippen molar-refractivity contribution in [2.75, 3.05) is 0 Å². The highest BCUT2D eigenvalue weighted by atomic mass is 32.1. The number of aryl methyl sites for hydroxylation is 2. The summed E-state index contributed by atoms with van der Waals surface area (Å²) in [5, 5.41) is 6.47. The molecule has 4 heterocycles. The van der Waals surface area contributed by atoms with Gasteiger partial charge in [0.15, 0.2) is 0 Å². The van der Waals surface area contributed by atoms with Gasteiger partial charge in [0.1, 0.15) is 10.8 Å². The van der Waals surface area contributed by atoms with Crippen molar-refractivity contribution >= 4 is 22.7 Å². The van der Waals surface area contributed by atoms with Crippen molar-refractivity contribution in [1.29, 1.82) is 0 Å². The molecule has 0 bridgehead atoms. The fourth-order valence-corrected chi connectivity index (χ4v) is 4.66. The maximum absolute atomic E-state index is 5.49. The standard InChI is InChI=1S/C19H19N3OS2/c1-12-10-24-18(20-12)8-19-21-17(11-25-19)16-7-13(2)22(14(16)3)9-15-5-4-6-23-15/h4-7,10-11H,8-9H2,1-3H3. The summed E-state index contributed by atoms with van der Waals surface area (Å²) in [6, 6.07) is 6.15. The Bertz CT molecular complexity index is 992. The van der Waals surface area contributed by atoms with Crippen LogP contribution in [0, 0.1) is 20.8 Å². The summed E-state index contributed by atoms with van der Waals surface area (Å²) in [6.45, 7) is 7.06. The largest absolute Gasteiger partial charge is 0.467 e. The van der Waals surface area contributed by atoms with E-state index in [1.807, 2.05) is 19.1 Å². The van der Waals surface area contributed by atoms with Gasteiger partial charge in [0, 0.05) is 33.4 Å². The number of thiazole rings is 2. The van der Waals surface area contributed by atoms with Crippen molar-refractivity contribution in [3.8, 4) is 11.3 Å². The molecule has 4 rings (SSSR count). The maximum atomic E-state index is 5.49. The van der Waals surface area contributed by atoms with Gasteiger partial charge in [-0.15, -0.1) is 22.7 Å². The Morgan fingerprint density at radius 1 is 1.08 bits per heavy atom. The Labute approximate surface area is 154 Å².